The van der Waals surface area contributed by atoms with E-state index in [4.69, 9.17) is 4.43 Å². The molecule has 0 aliphatic carbocycles. The maximum absolute atomic E-state index is 6.11. The first kappa shape index (κ1) is 15.2. The van der Waals surface area contributed by atoms with E-state index in [1.807, 2.05) is 0 Å². The van der Waals surface area contributed by atoms with Crippen molar-refractivity contribution in [2.45, 2.75) is 77.9 Å². The van der Waals surface area contributed by atoms with Crippen LogP contribution in [0.25, 0.3) is 0 Å². The first-order chi connectivity index (χ1) is 6.81. The normalized spacial score (nSPS) is 13.2. The summed E-state index contributed by atoms with van der Waals surface area (Å²) in [7, 11) is -1.47. The summed E-state index contributed by atoms with van der Waals surface area (Å²) >= 11 is 0. The zero-order valence-electron chi connectivity index (χ0n) is 11.7. The van der Waals surface area contributed by atoms with Crippen molar-refractivity contribution in [2.75, 3.05) is 6.61 Å². The summed E-state index contributed by atoms with van der Waals surface area (Å²) in [6.07, 6.45) is 6.65. The molecule has 92 valence electrons. The summed E-state index contributed by atoms with van der Waals surface area (Å²) in [4.78, 5) is 0. The van der Waals surface area contributed by atoms with Crippen molar-refractivity contribution < 1.29 is 4.43 Å². The largest absolute Gasteiger partial charge is 0.417 e. The minimum Gasteiger partial charge on any atom is -0.417 e. The Morgan fingerprint density at radius 1 is 0.933 bits per heavy atom. The van der Waals surface area contributed by atoms with E-state index in [-0.39, 0.29) is 0 Å². The summed E-state index contributed by atoms with van der Waals surface area (Å²) < 4.78 is 6.11. The first-order valence-corrected chi connectivity index (χ1v) is 9.36. The lowest BCUT2D eigenvalue weighted by molar-refractivity contribution is 0.277. The van der Waals surface area contributed by atoms with Crippen LogP contribution in [0.15, 0.2) is 0 Å². The van der Waals surface area contributed by atoms with Gasteiger partial charge >= 0.3 is 0 Å². The van der Waals surface area contributed by atoms with E-state index in [2.05, 4.69) is 40.8 Å². The van der Waals surface area contributed by atoms with E-state index >= 15 is 0 Å². The summed E-state index contributed by atoms with van der Waals surface area (Å²) in [5.41, 5.74) is 0. The molecule has 0 aliphatic heterocycles. The fourth-order valence-corrected chi connectivity index (χ4v) is 2.34. The molecule has 2 heteroatoms. The smallest absolute Gasteiger partial charge is 0.191 e. The molecule has 0 amide bonds. The highest BCUT2D eigenvalue weighted by molar-refractivity contribution is 6.74. The van der Waals surface area contributed by atoms with Crippen molar-refractivity contribution in [1.29, 1.82) is 0 Å². The topological polar surface area (TPSA) is 9.23 Å². The summed E-state index contributed by atoms with van der Waals surface area (Å²) in [6.45, 7) is 14.8. The second-order valence-corrected chi connectivity index (χ2v) is 10.8. The molecule has 0 bridgehead atoms. The second-order valence-electron chi connectivity index (χ2n) is 6.02. The molecule has 1 nitrogen and oxygen atoms in total. The molecule has 0 spiro atoms. The molecule has 0 aromatic carbocycles. The molecule has 0 heterocycles. The maximum atomic E-state index is 6.11. The van der Waals surface area contributed by atoms with Crippen LogP contribution < -0.4 is 0 Å². The minimum atomic E-state index is -1.47. The van der Waals surface area contributed by atoms with Crippen molar-refractivity contribution in [2.24, 2.45) is 0 Å². The van der Waals surface area contributed by atoms with Crippen LogP contribution in [0.1, 0.15) is 59.8 Å². The highest BCUT2D eigenvalue weighted by atomic mass is 28.4. The first-order valence-electron chi connectivity index (χ1n) is 6.45. The predicted molar refractivity (Wildman–Crippen MR) is 71.9 cm³/mol. The molecule has 0 fully saturated rings. The average Bonchev–Trinajstić information content (AvgIpc) is 2.09. The van der Waals surface area contributed by atoms with E-state index in [1.165, 1.54) is 32.1 Å². The van der Waals surface area contributed by atoms with E-state index in [0.717, 1.165) is 6.61 Å². The molecule has 0 N–H and O–H groups in total. The van der Waals surface area contributed by atoms with Crippen molar-refractivity contribution in [3.8, 4) is 0 Å². The maximum Gasteiger partial charge on any atom is 0.191 e. The molecule has 0 saturated carbocycles. The molecular weight excluding hydrogens is 200 g/mol. The summed E-state index contributed by atoms with van der Waals surface area (Å²) in [5.74, 6) is 0. The van der Waals surface area contributed by atoms with Gasteiger partial charge in [-0.3, -0.25) is 0 Å². The van der Waals surface area contributed by atoms with Crippen LogP contribution in [-0.2, 0) is 4.43 Å². The zero-order chi connectivity index (χ0) is 11.9. The molecule has 0 atom stereocenters. The Hall–Kier alpha value is 0.177. The molecule has 0 aromatic rings. The molecule has 0 unspecified atom stereocenters. The second kappa shape index (κ2) is 6.69. The van der Waals surface area contributed by atoms with Crippen LogP contribution in [0.2, 0.25) is 18.1 Å². The highest BCUT2D eigenvalue weighted by Gasteiger charge is 2.36. The van der Waals surface area contributed by atoms with E-state index in [1.54, 1.807) is 0 Å². The van der Waals surface area contributed by atoms with Gasteiger partial charge in [0, 0.05) is 6.61 Å². The fraction of sp³-hybridized carbons (Fsp3) is 1.00. The molecule has 0 rings (SSSR count). The van der Waals surface area contributed by atoms with Gasteiger partial charge in [-0.2, -0.15) is 0 Å². The van der Waals surface area contributed by atoms with E-state index < -0.39 is 8.32 Å². The third-order valence-corrected chi connectivity index (χ3v) is 8.06. The fourth-order valence-electron chi connectivity index (χ4n) is 1.25. The van der Waals surface area contributed by atoms with Gasteiger partial charge in [0.15, 0.2) is 8.32 Å². The SMILES string of the molecule is CCCCCCCO[Si](C)(C)C(C)(C)C. The molecule has 0 aromatic heterocycles. The monoisotopic (exact) mass is 230 g/mol. The molecule has 0 saturated heterocycles. The molecule has 15 heavy (non-hydrogen) atoms. The van der Waals surface area contributed by atoms with Crippen LogP contribution in [0, 0.1) is 0 Å². The van der Waals surface area contributed by atoms with Gasteiger partial charge < -0.3 is 4.43 Å². The zero-order valence-corrected chi connectivity index (χ0v) is 12.7. The van der Waals surface area contributed by atoms with Gasteiger partial charge in [0.2, 0.25) is 0 Å². The van der Waals surface area contributed by atoms with Gasteiger partial charge in [0.1, 0.15) is 0 Å². The lowest BCUT2D eigenvalue weighted by Crippen LogP contribution is -2.40. The van der Waals surface area contributed by atoms with Gasteiger partial charge in [-0.05, 0) is 24.6 Å². The highest BCUT2D eigenvalue weighted by Crippen LogP contribution is 2.36. The Morgan fingerprint density at radius 2 is 1.47 bits per heavy atom. The van der Waals surface area contributed by atoms with Crippen molar-refractivity contribution in [1.82, 2.24) is 0 Å². The Labute approximate surface area is 97.7 Å². The standard InChI is InChI=1S/C13H30OSi/c1-7-8-9-10-11-12-14-15(5,6)13(2,3)4/h7-12H2,1-6H3. The predicted octanol–water partition coefficient (Wildman–Crippen LogP) is 4.98. The number of hydrogen-bond donors (Lipinski definition) is 0. The van der Waals surface area contributed by atoms with Gasteiger partial charge in [0.25, 0.3) is 0 Å². The van der Waals surface area contributed by atoms with Gasteiger partial charge in [-0.25, -0.2) is 0 Å². The third-order valence-electron chi connectivity index (χ3n) is 3.52. The van der Waals surface area contributed by atoms with Crippen LogP contribution in [0.3, 0.4) is 0 Å². The molecular formula is C13H30OSi. The van der Waals surface area contributed by atoms with Crippen molar-refractivity contribution in [3.05, 3.63) is 0 Å². The molecule has 0 radical (unpaired) electrons. The van der Waals surface area contributed by atoms with Crippen LogP contribution in [0.5, 0.6) is 0 Å². The van der Waals surface area contributed by atoms with Gasteiger partial charge in [-0.15, -0.1) is 0 Å². The van der Waals surface area contributed by atoms with Crippen LogP contribution in [-0.4, -0.2) is 14.9 Å². The number of rotatable bonds is 7. The number of hydrogen-bond acceptors (Lipinski definition) is 1. The average molecular weight is 230 g/mol. The van der Waals surface area contributed by atoms with Crippen LogP contribution in [0.4, 0.5) is 0 Å². The number of unbranched alkanes of at least 4 members (excludes halogenated alkanes) is 4. The lowest BCUT2D eigenvalue weighted by atomic mass is 10.2. The van der Waals surface area contributed by atoms with E-state index in [0.29, 0.717) is 5.04 Å². The Kier molecular flexibility index (Phi) is 6.77. The van der Waals surface area contributed by atoms with Crippen molar-refractivity contribution >= 4 is 8.32 Å². The Balaban J connectivity index is 3.58. The summed E-state index contributed by atoms with van der Waals surface area (Å²) in [5, 5.41) is 0.358. The quantitative estimate of drug-likeness (QED) is 0.443. The third kappa shape index (κ3) is 6.36. The minimum absolute atomic E-state index is 0.358. The van der Waals surface area contributed by atoms with Gasteiger partial charge in [0.05, 0.1) is 0 Å². The Morgan fingerprint density at radius 3 is 1.93 bits per heavy atom. The van der Waals surface area contributed by atoms with E-state index in [9.17, 15) is 0 Å². The lowest BCUT2D eigenvalue weighted by Gasteiger charge is -2.36. The molecule has 0 aliphatic rings. The van der Waals surface area contributed by atoms with Crippen molar-refractivity contribution in [3.63, 3.8) is 0 Å². The Bertz CT molecular complexity index is 158. The van der Waals surface area contributed by atoms with Crippen LogP contribution >= 0.6 is 0 Å². The van der Waals surface area contributed by atoms with Gasteiger partial charge in [-0.1, -0.05) is 53.4 Å². The summed E-state index contributed by atoms with van der Waals surface area (Å²) in [6, 6.07) is 0.